The molecule has 0 unspecified atom stereocenters. The van der Waals surface area contributed by atoms with E-state index in [1.54, 1.807) is 0 Å². The minimum absolute atomic E-state index is 0.0229. The molecule has 0 amide bonds. The van der Waals surface area contributed by atoms with Crippen molar-refractivity contribution in [1.82, 2.24) is 0 Å². The third-order valence-electron chi connectivity index (χ3n) is 4.01. The predicted molar refractivity (Wildman–Crippen MR) is 60.9 cm³/mol. The van der Waals surface area contributed by atoms with Crippen molar-refractivity contribution in [2.75, 3.05) is 0 Å². The van der Waals surface area contributed by atoms with Crippen molar-refractivity contribution in [3.63, 3.8) is 0 Å². The maximum atomic E-state index is 11.5. The summed E-state index contributed by atoms with van der Waals surface area (Å²) >= 11 is 0. The van der Waals surface area contributed by atoms with Crippen molar-refractivity contribution in [1.29, 1.82) is 0 Å². The number of aryl methyl sites for hydroxylation is 1. The fourth-order valence-electron chi connectivity index (χ4n) is 3.17. The summed E-state index contributed by atoms with van der Waals surface area (Å²) in [6.07, 6.45) is 3.89. The molecule has 0 bridgehead atoms. The SMILES string of the molecule is Cc1ccc([C@@]23CCC[C@@H]2CC(=O)O3)cc1. The fraction of sp³-hybridized carbons (Fsp3) is 0.500. The van der Waals surface area contributed by atoms with Crippen LogP contribution in [0.3, 0.4) is 0 Å². The molecule has 0 spiro atoms. The molecule has 1 aromatic rings. The second-order valence-corrected chi connectivity index (χ2v) is 5.02. The van der Waals surface area contributed by atoms with Gasteiger partial charge in [0.1, 0.15) is 5.60 Å². The van der Waals surface area contributed by atoms with Crippen LogP contribution in [0.25, 0.3) is 0 Å². The van der Waals surface area contributed by atoms with Gasteiger partial charge in [0.25, 0.3) is 0 Å². The van der Waals surface area contributed by atoms with E-state index in [2.05, 4.69) is 31.2 Å². The number of ether oxygens (including phenoxy) is 1. The molecule has 2 aliphatic rings. The first-order valence-corrected chi connectivity index (χ1v) is 6.00. The predicted octanol–water partition coefficient (Wildman–Crippen LogP) is 2.94. The summed E-state index contributed by atoms with van der Waals surface area (Å²) in [6, 6.07) is 8.44. The molecule has 2 heteroatoms. The van der Waals surface area contributed by atoms with Gasteiger partial charge >= 0.3 is 5.97 Å². The molecule has 2 nitrogen and oxygen atoms in total. The second kappa shape index (κ2) is 3.34. The highest BCUT2D eigenvalue weighted by Crippen LogP contribution is 2.52. The lowest BCUT2D eigenvalue weighted by atomic mass is 9.84. The van der Waals surface area contributed by atoms with E-state index in [0.29, 0.717) is 12.3 Å². The number of rotatable bonds is 1. The molecule has 1 saturated heterocycles. The van der Waals surface area contributed by atoms with E-state index < -0.39 is 0 Å². The van der Waals surface area contributed by atoms with Gasteiger partial charge < -0.3 is 4.74 Å². The van der Waals surface area contributed by atoms with Crippen LogP contribution in [0.4, 0.5) is 0 Å². The van der Waals surface area contributed by atoms with Crippen molar-refractivity contribution in [2.45, 2.75) is 38.2 Å². The number of carbonyl (C=O) groups excluding carboxylic acids is 1. The van der Waals surface area contributed by atoms with Crippen molar-refractivity contribution >= 4 is 5.97 Å². The van der Waals surface area contributed by atoms with Crippen molar-refractivity contribution in [3.8, 4) is 0 Å². The quantitative estimate of drug-likeness (QED) is 0.675. The Morgan fingerprint density at radius 2 is 2.06 bits per heavy atom. The van der Waals surface area contributed by atoms with Crippen LogP contribution in [0.5, 0.6) is 0 Å². The summed E-state index contributed by atoms with van der Waals surface area (Å²) in [5, 5.41) is 0. The number of hydrogen-bond donors (Lipinski definition) is 0. The summed E-state index contributed by atoms with van der Waals surface area (Å²) in [5.41, 5.74) is 2.15. The lowest BCUT2D eigenvalue weighted by Crippen LogP contribution is -2.27. The van der Waals surface area contributed by atoms with Crippen LogP contribution < -0.4 is 0 Å². The van der Waals surface area contributed by atoms with Crippen LogP contribution in [0, 0.1) is 12.8 Å². The standard InChI is InChI=1S/C14H16O2/c1-10-4-6-11(7-5-10)14-8-2-3-12(14)9-13(15)16-14/h4-7,12H,2-3,8-9H2,1H3/t12-,14+/m1/s1. The first-order chi connectivity index (χ1) is 7.71. The monoisotopic (exact) mass is 216 g/mol. The van der Waals surface area contributed by atoms with Crippen molar-refractivity contribution in [2.24, 2.45) is 5.92 Å². The van der Waals surface area contributed by atoms with Gasteiger partial charge in [-0.3, -0.25) is 4.79 Å². The van der Waals surface area contributed by atoms with E-state index in [1.165, 1.54) is 17.5 Å². The zero-order valence-corrected chi connectivity index (χ0v) is 9.53. The third kappa shape index (κ3) is 1.29. The molecule has 1 heterocycles. The summed E-state index contributed by atoms with van der Waals surface area (Å²) in [4.78, 5) is 11.5. The van der Waals surface area contributed by atoms with E-state index >= 15 is 0 Å². The summed E-state index contributed by atoms with van der Waals surface area (Å²) in [7, 11) is 0. The lowest BCUT2D eigenvalue weighted by Gasteiger charge is -2.28. The Morgan fingerprint density at radius 3 is 2.81 bits per heavy atom. The maximum absolute atomic E-state index is 11.5. The maximum Gasteiger partial charge on any atom is 0.307 e. The van der Waals surface area contributed by atoms with Gasteiger partial charge in [0.2, 0.25) is 0 Å². The highest BCUT2D eigenvalue weighted by molar-refractivity contribution is 5.73. The number of carbonyl (C=O) groups is 1. The minimum Gasteiger partial charge on any atom is -0.454 e. The molecule has 2 atom stereocenters. The molecule has 1 saturated carbocycles. The van der Waals surface area contributed by atoms with Gasteiger partial charge in [-0.1, -0.05) is 29.8 Å². The molecule has 0 radical (unpaired) electrons. The van der Waals surface area contributed by atoms with E-state index in [1.807, 2.05) is 0 Å². The van der Waals surface area contributed by atoms with Gasteiger partial charge in [-0.05, 0) is 31.7 Å². The average molecular weight is 216 g/mol. The number of esters is 1. The molecule has 1 aliphatic carbocycles. The first kappa shape index (κ1) is 9.88. The smallest absolute Gasteiger partial charge is 0.307 e. The van der Waals surface area contributed by atoms with E-state index in [-0.39, 0.29) is 11.6 Å². The Morgan fingerprint density at radius 1 is 1.31 bits per heavy atom. The summed E-state index contributed by atoms with van der Waals surface area (Å²) in [6.45, 7) is 2.08. The Bertz CT molecular complexity index is 421. The number of fused-ring (bicyclic) bond motifs is 1. The Kier molecular flexibility index (Phi) is 2.06. The minimum atomic E-state index is -0.287. The molecule has 1 aromatic carbocycles. The molecule has 16 heavy (non-hydrogen) atoms. The van der Waals surface area contributed by atoms with Crippen LogP contribution in [-0.2, 0) is 15.1 Å². The van der Waals surface area contributed by atoms with Crippen LogP contribution in [0.15, 0.2) is 24.3 Å². The molecule has 1 aliphatic heterocycles. The van der Waals surface area contributed by atoms with E-state index in [4.69, 9.17) is 4.74 Å². The summed E-state index contributed by atoms with van der Waals surface area (Å²) in [5.74, 6) is 0.382. The van der Waals surface area contributed by atoms with Gasteiger partial charge in [0, 0.05) is 5.92 Å². The second-order valence-electron chi connectivity index (χ2n) is 5.02. The van der Waals surface area contributed by atoms with Gasteiger partial charge in [-0.15, -0.1) is 0 Å². The number of hydrogen-bond acceptors (Lipinski definition) is 2. The topological polar surface area (TPSA) is 26.3 Å². The van der Waals surface area contributed by atoms with E-state index in [0.717, 1.165) is 12.8 Å². The molecular weight excluding hydrogens is 200 g/mol. The van der Waals surface area contributed by atoms with Crippen molar-refractivity contribution < 1.29 is 9.53 Å². The highest BCUT2D eigenvalue weighted by atomic mass is 16.6. The average Bonchev–Trinajstić information content (AvgIpc) is 2.75. The zero-order chi connectivity index (χ0) is 11.2. The van der Waals surface area contributed by atoms with Crippen LogP contribution in [0.1, 0.15) is 36.8 Å². The zero-order valence-electron chi connectivity index (χ0n) is 9.53. The van der Waals surface area contributed by atoms with Gasteiger partial charge in [0.15, 0.2) is 0 Å². The molecular formula is C14H16O2. The first-order valence-electron chi connectivity index (χ1n) is 6.00. The largest absolute Gasteiger partial charge is 0.454 e. The normalized spacial score (nSPS) is 32.6. The Balaban J connectivity index is 2.03. The molecule has 0 aromatic heterocycles. The van der Waals surface area contributed by atoms with E-state index in [9.17, 15) is 4.79 Å². The van der Waals surface area contributed by atoms with Crippen LogP contribution >= 0.6 is 0 Å². The highest BCUT2D eigenvalue weighted by Gasteiger charge is 2.53. The molecule has 84 valence electrons. The molecule has 2 fully saturated rings. The summed E-state index contributed by atoms with van der Waals surface area (Å²) < 4.78 is 5.66. The Labute approximate surface area is 95.6 Å². The van der Waals surface area contributed by atoms with Crippen LogP contribution in [0.2, 0.25) is 0 Å². The lowest BCUT2D eigenvalue weighted by molar-refractivity contribution is -0.149. The van der Waals surface area contributed by atoms with Crippen molar-refractivity contribution in [3.05, 3.63) is 35.4 Å². The molecule has 0 N–H and O–H groups in total. The fourth-order valence-corrected chi connectivity index (χ4v) is 3.17. The van der Waals surface area contributed by atoms with Gasteiger partial charge in [0.05, 0.1) is 6.42 Å². The van der Waals surface area contributed by atoms with Crippen LogP contribution in [-0.4, -0.2) is 5.97 Å². The third-order valence-corrected chi connectivity index (χ3v) is 4.01. The van der Waals surface area contributed by atoms with Gasteiger partial charge in [-0.25, -0.2) is 0 Å². The Hall–Kier alpha value is -1.31. The van der Waals surface area contributed by atoms with Gasteiger partial charge in [-0.2, -0.15) is 0 Å². The molecule has 3 rings (SSSR count). The number of benzene rings is 1.